The fraction of sp³-hybridized carbons (Fsp3) is 0.357. The zero-order chi connectivity index (χ0) is 14.9. The second-order valence-electron chi connectivity index (χ2n) is 4.93. The van der Waals surface area contributed by atoms with Gasteiger partial charge in [-0.1, -0.05) is 6.92 Å². The molecule has 1 unspecified atom stereocenters. The van der Waals surface area contributed by atoms with Crippen molar-refractivity contribution < 1.29 is 8.42 Å². The van der Waals surface area contributed by atoms with Gasteiger partial charge in [0.15, 0.2) is 0 Å². The van der Waals surface area contributed by atoms with Crippen LogP contribution in [0.2, 0.25) is 0 Å². The lowest BCUT2D eigenvalue weighted by molar-refractivity contribution is 0.339. The molecule has 3 rings (SSSR count). The molecule has 1 N–H and O–H groups in total. The van der Waals surface area contributed by atoms with Gasteiger partial charge < -0.3 is 5.32 Å². The van der Waals surface area contributed by atoms with Crippen LogP contribution in [0.4, 0.5) is 0 Å². The van der Waals surface area contributed by atoms with Crippen LogP contribution in [-0.4, -0.2) is 30.8 Å². The fourth-order valence-corrected chi connectivity index (χ4v) is 5.61. The Hall–Kier alpha value is -1.28. The van der Waals surface area contributed by atoms with Gasteiger partial charge in [-0.2, -0.15) is 4.31 Å². The molecule has 1 aliphatic rings. The SMILES string of the molecule is CCNC1CN(Cc2ccncc2)S(=O)(=O)c2sccc21. The van der Waals surface area contributed by atoms with Crippen molar-refractivity contribution in [1.82, 2.24) is 14.6 Å². The molecule has 112 valence electrons. The van der Waals surface area contributed by atoms with Crippen molar-refractivity contribution in [3.63, 3.8) is 0 Å². The molecule has 0 fully saturated rings. The topological polar surface area (TPSA) is 62.3 Å². The van der Waals surface area contributed by atoms with Crippen molar-refractivity contribution >= 4 is 21.4 Å². The number of sulfonamides is 1. The summed E-state index contributed by atoms with van der Waals surface area (Å²) in [5.74, 6) is 0. The monoisotopic (exact) mass is 323 g/mol. The third-order valence-electron chi connectivity index (χ3n) is 3.55. The molecular formula is C14H17N3O2S2. The maximum atomic E-state index is 12.7. The molecule has 0 radical (unpaired) electrons. The lowest BCUT2D eigenvalue weighted by atomic mass is 10.1. The van der Waals surface area contributed by atoms with Gasteiger partial charge in [-0.15, -0.1) is 11.3 Å². The van der Waals surface area contributed by atoms with E-state index in [0.29, 0.717) is 17.3 Å². The second kappa shape index (κ2) is 5.84. The molecule has 3 heterocycles. The van der Waals surface area contributed by atoms with E-state index in [-0.39, 0.29) is 6.04 Å². The summed E-state index contributed by atoms with van der Waals surface area (Å²) < 4.78 is 27.4. The zero-order valence-corrected chi connectivity index (χ0v) is 13.3. The quantitative estimate of drug-likeness (QED) is 0.935. The third-order valence-corrected chi connectivity index (χ3v) is 6.86. The number of thiophene rings is 1. The first-order valence-corrected chi connectivity index (χ1v) is 9.14. The molecule has 0 bridgehead atoms. The van der Waals surface area contributed by atoms with Crippen LogP contribution in [0.15, 0.2) is 40.2 Å². The molecule has 1 aliphatic heterocycles. The highest BCUT2D eigenvalue weighted by molar-refractivity contribution is 7.91. The van der Waals surface area contributed by atoms with Crippen molar-refractivity contribution in [3.05, 3.63) is 47.1 Å². The van der Waals surface area contributed by atoms with Gasteiger partial charge >= 0.3 is 0 Å². The van der Waals surface area contributed by atoms with Crippen LogP contribution in [0.1, 0.15) is 24.1 Å². The average Bonchev–Trinajstić information content (AvgIpc) is 2.96. The van der Waals surface area contributed by atoms with E-state index < -0.39 is 10.0 Å². The van der Waals surface area contributed by atoms with Crippen molar-refractivity contribution in [2.24, 2.45) is 0 Å². The number of rotatable bonds is 4. The largest absolute Gasteiger partial charge is 0.309 e. The maximum absolute atomic E-state index is 12.7. The Morgan fingerprint density at radius 1 is 1.38 bits per heavy atom. The summed E-state index contributed by atoms with van der Waals surface area (Å²) in [6, 6.07) is 5.67. The van der Waals surface area contributed by atoms with Crippen LogP contribution in [0.25, 0.3) is 0 Å². The summed E-state index contributed by atoms with van der Waals surface area (Å²) in [4.78, 5) is 3.97. The molecule has 0 saturated carbocycles. The Labute approximate surface area is 128 Å². The molecule has 2 aromatic heterocycles. The van der Waals surface area contributed by atoms with Crippen molar-refractivity contribution in [2.45, 2.75) is 23.7 Å². The molecule has 0 saturated heterocycles. The van der Waals surface area contributed by atoms with Gasteiger partial charge in [-0.25, -0.2) is 8.42 Å². The van der Waals surface area contributed by atoms with Crippen molar-refractivity contribution in [2.75, 3.05) is 13.1 Å². The van der Waals surface area contributed by atoms with Crippen molar-refractivity contribution in [3.8, 4) is 0 Å². The Bertz CT molecular complexity index is 713. The number of pyridine rings is 1. The van der Waals surface area contributed by atoms with Gasteiger partial charge in [0, 0.05) is 37.1 Å². The normalized spacial score (nSPS) is 21.1. The highest BCUT2D eigenvalue weighted by Crippen LogP contribution is 2.36. The van der Waals surface area contributed by atoms with E-state index in [1.165, 1.54) is 11.3 Å². The van der Waals surface area contributed by atoms with Crippen LogP contribution < -0.4 is 5.32 Å². The summed E-state index contributed by atoms with van der Waals surface area (Å²) in [7, 11) is -3.40. The van der Waals surface area contributed by atoms with E-state index in [9.17, 15) is 8.42 Å². The molecular weight excluding hydrogens is 306 g/mol. The van der Waals surface area contributed by atoms with Gasteiger partial charge in [0.25, 0.3) is 10.0 Å². The van der Waals surface area contributed by atoms with E-state index in [1.54, 1.807) is 16.7 Å². The minimum absolute atomic E-state index is 0.0570. The van der Waals surface area contributed by atoms with Crippen LogP contribution in [0.5, 0.6) is 0 Å². The maximum Gasteiger partial charge on any atom is 0.253 e. The second-order valence-corrected chi connectivity index (χ2v) is 7.98. The average molecular weight is 323 g/mol. The number of aromatic nitrogens is 1. The summed E-state index contributed by atoms with van der Waals surface area (Å²) in [5, 5.41) is 5.22. The van der Waals surface area contributed by atoms with Crippen LogP contribution in [0, 0.1) is 0 Å². The molecule has 7 heteroatoms. The molecule has 1 atom stereocenters. The number of nitrogens with one attached hydrogen (secondary N) is 1. The van der Waals surface area contributed by atoms with E-state index in [2.05, 4.69) is 10.3 Å². The highest BCUT2D eigenvalue weighted by Gasteiger charge is 2.37. The zero-order valence-electron chi connectivity index (χ0n) is 11.7. The first-order valence-electron chi connectivity index (χ1n) is 6.82. The smallest absolute Gasteiger partial charge is 0.253 e. The Balaban J connectivity index is 1.95. The van der Waals surface area contributed by atoms with E-state index in [4.69, 9.17) is 0 Å². The van der Waals surface area contributed by atoms with Gasteiger partial charge in [0.2, 0.25) is 0 Å². The number of hydrogen-bond acceptors (Lipinski definition) is 5. The first-order chi connectivity index (χ1) is 10.1. The molecule has 0 aliphatic carbocycles. The molecule has 21 heavy (non-hydrogen) atoms. The minimum Gasteiger partial charge on any atom is -0.309 e. The van der Waals surface area contributed by atoms with Gasteiger partial charge in [0.1, 0.15) is 4.21 Å². The molecule has 0 aromatic carbocycles. The lowest BCUT2D eigenvalue weighted by Gasteiger charge is -2.32. The lowest BCUT2D eigenvalue weighted by Crippen LogP contribution is -2.42. The van der Waals surface area contributed by atoms with Crippen LogP contribution >= 0.6 is 11.3 Å². The van der Waals surface area contributed by atoms with Gasteiger partial charge in [-0.05, 0) is 35.7 Å². The summed E-state index contributed by atoms with van der Waals surface area (Å²) in [6.45, 7) is 3.68. The summed E-state index contributed by atoms with van der Waals surface area (Å²) >= 11 is 1.29. The molecule has 0 amide bonds. The number of nitrogens with zero attached hydrogens (tertiary/aromatic N) is 2. The van der Waals surface area contributed by atoms with Gasteiger partial charge in [-0.3, -0.25) is 4.98 Å². The summed E-state index contributed by atoms with van der Waals surface area (Å²) in [5.41, 5.74) is 1.84. The minimum atomic E-state index is -3.40. The van der Waals surface area contributed by atoms with Gasteiger partial charge in [0.05, 0.1) is 0 Å². The number of hydrogen-bond donors (Lipinski definition) is 1. The Kier molecular flexibility index (Phi) is 4.08. The van der Waals surface area contributed by atoms with E-state index >= 15 is 0 Å². The van der Waals surface area contributed by atoms with E-state index in [0.717, 1.165) is 17.7 Å². The fourth-order valence-electron chi connectivity index (χ4n) is 2.55. The highest BCUT2D eigenvalue weighted by atomic mass is 32.2. The first kappa shape index (κ1) is 14.6. The predicted octanol–water partition coefficient (Wildman–Crippen LogP) is 2.00. The van der Waals surface area contributed by atoms with Crippen molar-refractivity contribution in [1.29, 1.82) is 0 Å². The predicted molar refractivity (Wildman–Crippen MR) is 82.6 cm³/mol. The molecule has 2 aromatic rings. The standard InChI is InChI=1S/C14H17N3O2S2/c1-2-16-13-10-17(9-11-3-6-15-7-4-11)21(18,19)14-12(13)5-8-20-14/h3-8,13,16H,2,9-10H2,1H3. The van der Waals surface area contributed by atoms with Crippen LogP contribution in [-0.2, 0) is 16.6 Å². The number of likely N-dealkylation sites (N-methyl/N-ethyl adjacent to an activating group) is 1. The number of fused-ring (bicyclic) bond motifs is 1. The van der Waals surface area contributed by atoms with E-state index in [1.807, 2.05) is 30.5 Å². The molecule has 0 spiro atoms. The summed E-state index contributed by atoms with van der Waals surface area (Å²) in [6.07, 6.45) is 3.37. The molecule has 5 nitrogen and oxygen atoms in total. The van der Waals surface area contributed by atoms with Crippen LogP contribution in [0.3, 0.4) is 0 Å². The third kappa shape index (κ3) is 2.74. The Morgan fingerprint density at radius 3 is 2.86 bits per heavy atom. The Morgan fingerprint density at radius 2 is 2.14 bits per heavy atom.